The second kappa shape index (κ2) is 11.3. The van der Waals surface area contributed by atoms with Crippen LogP contribution in [0.2, 0.25) is 0 Å². The van der Waals surface area contributed by atoms with Gasteiger partial charge in [-0.2, -0.15) is 0 Å². The molecule has 0 saturated heterocycles. The Morgan fingerprint density at radius 3 is 2.18 bits per heavy atom. The number of nitrogens with one attached hydrogen (secondary N) is 1. The van der Waals surface area contributed by atoms with Crippen LogP contribution >= 0.6 is 0 Å². The third-order valence-electron chi connectivity index (χ3n) is 4.51. The van der Waals surface area contributed by atoms with Gasteiger partial charge in [-0.3, -0.25) is 0 Å². The van der Waals surface area contributed by atoms with Crippen molar-refractivity contribution in [1.82, 2.24) is 4.72 Å². The molecule has 0 aliphatic rings. The van der Waals surface area contributed by atoms with E-state index >= 15 is 0 Å². The van der Waals surface area contributed by atoms with Gasteiger partial charge in [-0.25, -0.2) is 22.7 Å². The van der Waals surface area contributed by atoms with Crippen LogP contribution in [0.4, 0.5) is 0 Å². The zero-order valence-electron chi connectivity index (χ0n) is 18.8. The summed E-state index contributed by atoms with van der Waals surface area (Å²) in [7, 11) is 2.44. The summed E-state index contributed by atoms with van der Waals surface area (Å²) >= 11 is 0. The molecule has 0 saturated carbocycles. The summed E-state index contributed by atoms with van der Waals surface area (Å²) in [6, 6.07) is 7.47. The molecule has 0 bridgehead atoms. The molecule has 0 fully saturated rings. The number of ether oxygens (including phenoxy) is 5. The fourth-order valence-electron chi connectivity index (χ4n) is 2.87. The number of benzene rings is 2. The first-order valence-electron chi connectivity index (χ1n) is 9.47. The number of methoxy groups -OCH3 is 5. The lowest BCUT2D eigenvalue weighted by Gasteiger charge is -2.15. The molecule has 11 heteroatoms. The maximum Gasteiger partial charge on any atom is 0.341 e. The predicted molar refractivity (Wildman–Crippen MR) is 119 cm³/mol. The minimum Gasteiger partial charge on any atom is -0.496 e. The zero-order chi connectivity index (χ0) is 24.6. The summed E-state index contributed by atoms with van der Waals surface area (Å²) in [4.78, 5) is 23.2. The zero-order valence-corrected chi connectivity index (χ0v) is 19.6. The summed E-state index contributed by atoms with van der Waals surface area (Å²) in [6.07, 6.45) is 2.54. The molecule has 0 unspecified atom stereocenters. The minimum atomic E-state index is -4.11. The molecule has 2 aromatic carbocycles. The monoisotopic (exact) mass is 479 g/mol. The van der Waals surface area contributed by atoms with Crippen LogP contribution in [0.15, 0.2) is 41.3 Å². The third-order valence-corrected chi connectivity index (χ3v) is 5.91. The smallest absolute Gasteiger partial charge is 0.341 e. The Hall–Kier alpha value is -3.57. The van der Waals surface area contributed by atoms with E-state index in [0.29, 0.717) is 16.9 Å². The van der Waals surface area contributed by atoms with Gasteiger partial charge in [-0.15, -0.1) is 0 Å². The molecule has 0 radical (unpaired) electrons. The van der Waals surface area contributed by atoms with E-state index in [1.807, 2.05) is 0 Å². The standard InChI is InChI=1S/C22H25NO9S/c1-28-17-8-6-15(10-16(17)22(25)32-5)13-23-33(26,27)19-12-14(7-9-20(24)30-3)11-18(29-2)21(19)31-4/h6-12,23H,13H2,1-5H3/b9-7+. The second-order valence-corrected chi connectivity index (χ2v) is 8.20. The van der Waals surface area contributed by atoms with E-state index < -0.39 is 22.0 Å². The summed E-state index contributed by atoms with van der Waals surface area (Å²) in [5.74, 6) is -0.779. The van der Waals surface area contributed by atoms with E-state index in [1.165, 1.54) is 65.9 Å². The van der Waals surface area contributed by atoms with Crippen molar-refractivity contribution in [2.24, 2.45) is 0 Å². The first-order chi connectivity index (χ1) is 15.7. The molecule has 0 heterocycles. The maximum absolute atomic E-state index is 13.1. The normalized spacial score (nSPS) is 11.2. The van der Waals surface area contributed by atoms with Gasteiger partial charge in [0.15, 0.2) is 11.5 Å². The molecule has 33 heavy (non-hydrogen) atoms. The van der Waals surface area contributed by atoms with Crippen molar-refractivity contribution in [3.8, 4) is 17.2 Å². The number of esters is 2. The van der Waals surface area contributed by atoms with E-state index in [1.54, 1.807) is 6.07 Å². The van der Waals surface area contributed by atoms with Gasteiger partial charge in [-0.05, 0) is 41.5 Å². The lowest BCUT2D eigenvalue weighted by atomic mass is 10.1. The summed E-state index contributed by atoms with van der Waals surface area (Å²) in [5.41, 5.74) is 1.02. The van der Waals surface area contributed by atoms with Crippen LogP contribution in [0.1, 0.15) is 21.5 Å². The van der Waals surface area contributed by atoms with Gasteiger partial charge in [0.25, 0.3) is 0 Å². The summed E-state index contributed by atoms with van der Waals surface area (Å²) in [5, 5.41) is 0. The maximum atomic E-state index is 13.1. The Bertz CT molecular complexity index is 1160. The molecule has 2 rings (SSSR count). The van der Waals surface area contributed by atoms with E-state index in [9.17, 15) is 18.0 Å². The van der Waals surface area contributed by atoms with E-state index in [4.69, 9.17) is 18.9 Å². The lowest BCUT2D eigenvalue weighted by Crippen LogP contribution is -2.24. The molecule has 1 N–H and O–H groups in total. The molecule has 0 aliphatic heterocycles. The molecule has 0 aliphatic carbocycles. The van der Waals surface area contributed by atoms with Gasteiger partial charge in [0.2, 0.25) is 10.0 Å². The molecule has 0 amide bonds. The number of sulfonamides is 1. The Labute approximate surface area is 192 Å². The van der Waals surface area contributed by atoms with Crippen LogP contribution < -0.4 is 18.9 Å². The highest BCUT2D eigenvalue weighted by molar-refractivity contribution is 7.89. The molecular weight excluding hydrogens is 454 g/mol. The van der Waals surface area contributed by atoms with Crippen molar-refractivity contribution >= 4 is 28.0 Å². The van der Waals surface area contributed by atoms with Gasteiger partial charge in [0.1, 0.15) is 16.2 Å². The fraction of sp³-hybridized carbons (Fsp3) is 0.273. The van der Waals surface area contributed by atoms with Gasteiger partial charge >= 0.3 is 11.9 Å². The Morgan fingerprint density at radius 1 is 0.909 bits per heavy atom. The fourth-order valence-corrected chi connectivity index (χ4v) is 4.10. The van der Waals surface area contributed by atoms with Crippen LogP contribution in [0.3, 0.4) is 0 Å². The van der Waals surface area contributed by atoms with Crippen LogP contribution in [-0.2, 0) is 30.8 Å². The van der Waals surface area contributed by atoms with E-state index in [-0.39, 0.29) is 28.5 Å². The quantitative estimate of drug-likeness (QED) is 0.403. The van der Waals surface area contributed by atoms with Crippen molar-refractivity contribution < 1.29 is 41.7 Å². The molecular formula is C22H25NO9S. The van der Waals surface area contributed by atoms with Gasteiger partial charge in [0, 0.05) is 12.6 Å². The number of hydrogen-bond donors (Lipinski definition) is 1. The van der Waals surface area contributed by atoms with Crippen molar-refractivity contribution in [1.29, 1.82) is 0 Å². The number of hydrogen-bond acceptors (Lipinski definition) is 9. The lowest BCUT2D eigenvalue weighted by molar-refractivity contribution is -0.134. The SMILES string of the molecule is COC(=O)/C=C/c1cc(OC)c(OC)c(S(=O)(=O)NCc2ccc(OC)c(C(=O)OC)c2)c1. The molecule has 0 atom stereocenters. The number of carbonyl (C=O) groups excluding carboxylic acids is 2. The van der Waals surface area contributed by atoms with Crippen molar-refractivity contribution in [2.75, 3.05) is 35.5 Å². The summed E-state index contributed by atoms with van der Waals surface area (Å²) < 4.78 is 53.7. The van der Waals surface area contributed by atoms with Crippen LogP contribution in [-0.4, -0.2) is 55.9 Å². The third kappa shape index (κ3) is 6.24. The number of rotatable bonds is 10. The average molecular weight is 480 g/mol. The first-order valence-corrected chi connectivity index (χ1v) is 11.0. The van der Waals surface area contributed by atoms with Gasteiger partial charge in [0.05, 0.1) is 35.5 Å². The van der Waals surface area contributed by atoms with Crippen molar-refractivity contribution in [3.63, 3.8) is 0 Å². The van der Waals surface area contributed by atoms with Gasteiger partial charge in [-0.1, -0.05) is 6.07 Å². The van der Waals surface area contributed by atoms with Crippen LogP contribution in [0, 0.1) is 0 Å². The Balaban J connectivity index is 2.42. The molecule has 0 aromatic heterocycles. The second-order valence-electron chi connectivity index (χ2n) is 6.46. The Kier molecular flexibility index (Phi) is 8.83. The topological polar surface area (TPSA) is 126 Å². The first kappa shape index (κ1) is 25.7. The van der Waals surface area contributed by atoms with Crippen LogP contribution in [0.5, 0.6) is 17.2 Å². The predicted octanol–water partition coefficient (Wildman–Crippen LogP) is 2.16. The molecule has 10 nitrogen and oxygen atoms in total. The number of carbonyl (C=O) groups is 2. The molecule has 178 valence electrons. The Morgan fingerprint density at radius 2 is 1.61 bits per heavy atom. The molecule has 0 spiro atoms. The van der Waals surface area contributed by atoms with E-state index in [0.717, 1.165) is 6.08 Å². The van der Waals surface area contributed by atoms with Crippen molar-refractivity contribution in [3.05, 3.63) is 53.1 Å². The van der Waals surface area contributed by atoms with Gasteiger partial charge < -0.3 is 23.7 Å². The van der Waals surface area contributed by atoms with Crippen LogP contribution in [0.25, 0.3) is 6.08 Å². The van der Waals surface area contributed by atoms with Crippen molar-refractivity contribution in [2.45, 2.75) is 11.4 Å². The molecule has 2 aromatic rings. The minimum absolute atomic E-state index is 0.00908. The van der Waals surface area contributed by atoms with E-state index in [2.05, 4.69) is 9.46 Å². The highest BCUT2D eigenvalue weighted by Crippen LogP contribution is 2.36. The summed E-state index contributed by atoms with van der Waals surface area (Å²) in [6.45, 7) is -0.135. The largest absolute Gasteiger partial charge is 0.496 e. The highest BCUT2D eigenvalue weighted by atomic mass is 32.2. The average Bonchev–Trinajstić information content (AvgIpc) is 2.84. The highest BCUT2D eigenvalue weighted by Gasteiger charge is 2.24.